The van der Waals surface area contributed by atoms with Crippen LogP contribution < -0.4 is 0 Å². The van der Waals surface area contributed by atoms with Crippen molar-refractivity contribution in [1.82, 2.24) is 0 Å². The van der Waals surface area contributed by atoms with Gasteiger partial charge in [0.2, 0.25) is 0 Å². The lowest BCUT2D eigenvalue weighted by molar-refractivity contribution is 0.0617. The Bertz CT molecular complexity index is 122. The molecule has 9 heavy (non-hydrogen) atoms. The molecule has 1 atom stereocenters. The van der Waals surface area contributed by atoms with Gasteiger partial charge in [-0.25, -0.2) is 0 Å². The zero-order valence-electron chi connectivity index (χ0n) is 5.50. The zero-order valence-corrected chi connectivity index (χ0v) is 5.50. The van der Waals surface area contributed by atoms with Crippen molar-refractivity contribution < 1.29 is 9.94 Å². The summed E-state index contributed by atoms with van der Waals surface area (Å²) in [6.07, 6.45) is 1.78. The Morgan fingerprint density at radius 2 is 2.56 bits per heavy atom. The maximum atomic E-state index is 8.34. The maximum absolute atomic E-state index is 8.34. The Labute approximate surface area is 54.3 Å². The third kappa shape index (κ3) is 1.68. The molecule has 0 amide bonds. The van der Waals surface area contributed by atoms with E-state index in [4.69, 9.17) is 9.94 Å². The molecule has 0 aliphatic carbocycles. The Morgan fingerprint density at radius 1 is 1.78 bits per heavy atom. The zero-order chi connectivity index (χ0) is 6.69. The molecule has 3 heteroatoms. The fourth-order valence-electron chi connectivity index (χ4n) is 0.962. The quantitative estimate of drug-likeness (QED) is 0.392. The van der Waals surface area contributed by atoms with E-state index in [1.54, 1.807) is 0 Å². The lowest BCUT2D eigenvalue weighted by Crippen LogP contribution is -2.22. The van der Waals surface area contributed by atoms with Crippen molar-refractivity contribution >= 4 is 5.71 Å². The summed E-state index contributed by atoms with van der Waals surface area (Å²) in [5.41, 5.74) is 0.855. The highest BCUT2D eigenvalue weighted by Crippen LogP contribution is 2.09. The van der Waals surface area contributed by atoms with Gasteiger partial charge in [-0.3, -0.25) is 0 Å². The number of oxime groups is 1. The molecule has 1 rings (SSSR count). The predicted molar refractivity (Wildman–Crippen MR) is 33.9 cm³/mol. The van der Waals surface area contributed by atoms with E-state index in [1.807, 2.05) is 6.92 Å². The Kier molecular flexibility index (Phi) is 2.05. The standard InChI is InChI=1S/C6H11NO2/c1-5-4-6(7-8)2-3-9-5/h5,8H,2-4H2,1H3. The van der Waals surface area contributed by atoms with Crippen LogP contribution in [0, 0.1) is 0 Å². The summed E-state index contributed by atoms with van der Waals surface area (Å²) >= 11 is 0. The number of nitrogens with zero attached hydrogens (tertiary/aromatic N) is 1. The molecule has 3 nitrogen and oxygen atoms in total. The SMILES string of the molecule is CC1CC(=NO)CCO1. The summed E-state index contributed by atoms with van der Waals surface area (Å²) in [7, 11) is 0. The van der Waals surface area contributed by atoms with Gasteiger partial charge < -0.3 is 9.94 Å². The van der Waals surface area contributed by atoms with Gasteiger partial charge in [0.05, 0.1) is 18.4 Å². The molecule has 0 aromatic carbocycles. The van der Waals surface area contributed by atoms with Gasteiger partial charge in [-0.05, 0) is 6.92 Å². The van der Waals surface area contributed by atoms with E-state index >= 15 is 0 Å². The average Bonchev–Trinajstić information content (AvgIpc) is 1.88. The summed E-state index contributed by atoms with van der Waals surface area (Å²) < 4.78 is 5.22. The van der Waals surface area contributed by atoms with E-state index < -0.39 is 0 Å². The van der Waals surface area contributed by atoms with Crippen molar-refractivity contribution in [2.24, 2.45) is 5.16 Å². The topological polar surface area (TPSA) is 41.8 Å². The summed E-state index contributed by atoms with van der Waals surface area (Å²) in [5.74, 6) is 0. The molecule has 1 unspecified atom stereocenters. The first kappa shape index (κ1) is 6.55. The van der Waals surface area contributed by atoms with Crippen molar-refractivity contribution in [2.45, 2.75) is 25.9 Å². The molecule has 1 aliphatic heterocycles. The van der Waals surface area contributed by atoms with E-state index in [9.17, 15) is 0 Å². The first-order valence-corrected chi connectivity index (χ1v) is 3.14. The van der Waals surface area contributed by atoms with Crippen molar-refractivity contribution in [3.05, 3.63) is 0 Å². The summed E-state index contributed by atoms with van der Waals surface area (Å²) in [5, 5.41) is 11.5. The Balaban J connectivity index is 2.41. The molecule has 1 saturated heterocycles. The van der Waals surface area contributed by atoms with Crippen LogP contribution in [0.15, 0.2) is 5.16 Å². The highest BCUT2D eigenvalue weighted by atomic mass is 16.5. The van der Waals surface area contributed by atoms with Gasteiger partial charge in [0.15, 0.2) is 0 Å². The van der Waals surface area contributed by atoms with Crippen molar-refractivity contribution in [1.29, 1.82) is 0 Å². The third-order valence-electron chi connectivity index (χ3n) is 1.46. The second kappa shape index (κ2) is 2.82. The number of rotatable bonds is 0. The fraction of sp³-hybridized carbons (Fsp3) is 0.833. The fourth-order valence-corrected chi connectivity index (χ4v) is 0.962. The highest BCUT2D eigenvalue weighted by molar-refractivity contribution is 5.84. The smallest absolute Gasteiger partial charge is 0.0619 e. The van der Waals surface area contributed by atoms with E-state index in [-0.39, 0.29) is 6.10 Å². The van der Waals surface area contributed by atoms with Crippen LogP contribution in [-0.4, -0.2) is 23.6 Å². The monoisotopic (exact) mass is 129 g/mol. The molecule has 1 N–H and O–H groups in total. The first-order chi connectivity index (χ1) is 4.33. The number of hydrogen-bond acceptors (Lipinski definition) is 3. The van der Waals surface area contributed by atoms with Gasteiger partial charge in [0, 0.05) is 12.8 Å². The molecule has 0 bridgehead atoms. The average molecular weight is 129 g/mol. The van der Waals surface area contributed by atoms with Crippen LogP contribution in [0.3, 0.4) is 0 Å². The van der Waals surface area contributed by atoms with Crippen LogP contribution in [0.4, 0.5) is 0 Å². The Hall–Kier alpha value is -0.570. The van der Waals surface area contributed by atoms with Crippen molar-refractivity contribution in [2.75, 3.05) is 6.61 Å². The minimum Gasteiger partial charge on any atom is -0.411 e. The molecule has 1 aliphatic rings. The predicted octanol–water partition coefficient (Wildman–Crippen LogP) is 1.02. The lowest BCUT2D eigenvalue weighted by atomic mass is 10.1. The minimum atomic E-state index is 0.227. The summed E-state index contributed by atoms with van der Waals surface area (Å²) in [6.45, 7) is 2.67. The summed E-state index contributed by atoms with van der Waals surface area (Å²) in [4.78, 5) is 0. The van der Waals surface area contributed by atoms with Crippen LogP contribution in [0.25, 0.3) is 0 Å². The minimum absolute atomic E-state index is 0.227. The van der Waals surface area contributed by atoms with Gasteiger partial charge in [0.25, 0.3) is 0 Å². The van der Waals surface area contributed by atoms with Crippen LogP contribution in [-0.2, 0) is 4.74 Å². The van der Waals surface area contributed by atoms with Gasteiger partial charge in [-0.1, -0.05) is 5.16 Å². The van der Waals surface area contributed by atoms with Crippen molar-refractivity contribution in [3.8, 4) is 0 Å². The van der Waals surface area contributed by atoms with Crippen LogP contribution in [0.5, 0.6) is 0 Å². The molecule has 0 aromatic rings. The second-order valence-electron chi connectivity index (χ2n) is 2.30. The molecule has 1 fully saturated rings. The highest BCUT2D eigenvalue weighted by Gasteiger charge is 2.13. The van der Waals surface area contributed by atoms with Gasteiger partial charge in [-0.2, -0.15) is 0 Å². The molecule has 0 radical (unpaired) electrons. The van der Waals surface area contributed by atoms with Gasteiger partial charge in [0.1, 0.15) is 0 Å². The van der Waals surface area contributed by atoms with E-state index in [0.717, 1.165) is 18.6 Å². The molecule has 0 aromatic heterocycles. The lowest BCUT2D eigenvalue weighted by Gasteiger charge is -2.18. The van der Waals surface area contributed by atoms with Gasteiger partial charge >= 0.3 is 0 Å². The second-order valence-corrected chi connectivity index (χ2v) is 2.30. The normalized spacial score (nSPS) is 33.0. The van der Waals surface area contributed by atoms with E-state index in [0.29, 0.717) is 6.61 Å². The van der Waals surface area contributed by atoms with Gasteiger partial charge in [-0.15, -0.1) is 0 Å². The largest absolute Gasteiger partial charge is 0.411 e. The Morgan fingerprint density at radius 3 is 3.00 bits per heavy atom. The molecule has 1 heterocycles. The number of hydrogen-bond donors (Lipinski definition) is 1. The third-order valence-corrected chi connectivity index (χ3v) is 1.46. The first-order valence-electron chi connectivity index (χ1n) is 3.14. The number of ether oxygens (including phenoxy) is 1. The maximum Gasteiger partial charge on any atom is 0.0619 e. The van der Waals surface area contributed by atoms with Crippen LogP contribution in [0.1, 0.15) is 19.8 Å². The van der Waals surface area contributed by atoms with E-state index in [1.165, 1.54) is 0 Å². The molecule has 52 valence electrons. The van der Waals surface area contributed by atoms with E-state index in [2.05, 4.69) is 5.16 Å². The summed E-state index contributed by atoms with van der Waals surface area (Å²) in [6, 6.07) is 0. The van der Waals surface area contributed by atoms with Crippen LogP contribution in [0.2, 0.25) is 0 Å². The molecule has 0 spiro atoms. The molecular weight excluding hydrogens is 118 g/mol. The molecular formula is C6H11NO2. The van der Waals surface area contributed by atoms with Crippen LogP contribution >= 0.6 is 0 Å². The van der Waals surface area contributed by atoms with Crippen molar-refractivity contribution in [3.63, 3.8) is 0 Å². The molecule has 0 saturated carbocycles.